The normalized spacial score (nSPS) is 14.2. The molecule has 1 aliphatic rings. The fraction of sp³-hybridized carbons (Fsp3) is 0.292. The molecule has 0 bridgehead atoms. The summed E-state index contributed by atoms with van der Waals surface area (Å²) in [6.07, 6.45) is 0. The minimum absolute atomic E-state index is 0.0568. The molecule has 36 heavy (non-hydrogen) atoms. The van der Waals surface area contributed by atoms with Gasteiger partial charge in [-0.25, -0.2) is 4.68 Å². The number of nitro benzene ring substituents is 1. The molecule has 0 atom stereocenters. The number of aromatic nitrogens is 5. The van der Waals surface area contributed by atoms with Crippen molar-refractivity contribution in [2.24, 2.45) is 0 Å². The third kappa shape index (κ3) is 4.70. The van der Waals surface area contributed by atoms with E-state index in [1.54, 1.807) is 24.0 Å². The van der Waals surface area contributed by atoms with E-state index in [0.717, 1.165) is 11.1 Å². The van der Waals surface area contributed by atoms with E-state index in [4.69, 9.17) is 4.52 Å². The van der Waals surface area contributed by atoms with Crippen LogP contribution in [-0.4, -0.2) is 71.9 Å². The third-order valence-corrected chi connectivity index (χ3v) is 6.18. The summed E-state index contributed by atoms with van der Waals surface area (Å²) >= 11 is 0. The van der Waals surface area contributed by atoms with Crippen molar-refractivity contribution in [1.82, 2.24) is 34.9 Å². The highest BCUT2D eigenvalue weighted by molar-refractivity contribution is 5.93. The van der Waals surface area contributed by atoms with Gasteiger partial charge < -0.3 is 9.42 Å². The average Bonchev–Trinajstić information content (AvgIpc) is 3.51. The predicted octanol–water partition coefficient (Wildman–Crippen LogP) is 2.80. The maximum atomic E-state index is 13.1. The Morgan fingerprint density at radius 2 is 1.83 bits per heavy atom. The topological polar surface area (TPSA) is 136 Å². The van der Waals surface area contributed by atoms with Crippen LogP contribution in [0.3, 0.4) is 0 Å². The van der Waals surface area contributed by atoms with E-state index in [9.17, 15) is 14.9 Å². The van der Waals surface area contributed by atoms with Gasteiger partial charge in [-0.05, 0) is 19.9 Å². The molecular weight excluding hydrogens is 464 g/mol. The molecule has 2 aromatic heterocycles. The third-order valence-electron chi connectivity index (χ3n) is 6.18. The molecule has 1 fully saturated rings. The lowest BCUT2D eigenvalue weighted by molar-refractivity contribution is -0.384. The molecule has 1 aliphatic heterocycles. The van der Waals surface area contributed by atoms with E-state index in [1.807, 2.05) is 31.2 Å². The summed E-state index contributed by atoms with van der Waals surface area (Å²) in [6.45, 7) is 6.57. The number of benzene rings is 2. The number of aryl methyl sites for hydroxylation is 1. The van der Waals surface area contributed by atoms with Crippen LogP contribution in [0.5, 0.6) is 0 Å². The zero-order valence-corrected chi connectivity index (χ0v) is 19.9. The minimum atomic E-state index is -0.473. The molecule has 1 saturated heterocycles. The number of nitro groups is 1. The summed E-state index contributed by atoms with van der Waals surface area (Å²) in [5.41, 5.74) is 3.24. The molecule has 4 aromatic rings. The number of non-ortho nitro benzene ring substituents is 1. The fourth-order valence-electron chi connectivity index (χ4n) is 4.10. The number of rotatable bonds is 6. The molecule has 0 radical (unpaired) electrons. The number of carbonyl (C=O) groups is 1. The summed E-state index contributed by atoms with van der Waals surface area (Å²) in [7, 11) is 0. The highest BCUT2D eigenvalue weighted by Gasteiger charge is 2.27. The van der Waals surface area contributed by atoms with Gasteiger partial charge in [0.25, 0.3) is 11.6 Å². The van der Waals surface area contributed by atoms with Gasteiger partial charge in [0.15, 0.2) is 5.69 Å². The molecule has 0 spiro atoms. The van der Waals surface area contributed by atoms with Gasteiger partial charge in [-0.1, -0.05) is 46.3 Å². The van der Waals surface area contributed by atoms with E-state index in [-0.39, 0.29) is 17.3 Å². The molecule has 0 unspecified atom stereocenters. The summed E-state index contributed by atoms with van der Waals surface area (Å²) < 4.78 is 6.88. The molecule has 184 valence electrons. The van der Waals surface area contributed by atoms with Crippen molar-refractivity contribution >= 4 is 11.6 Å². The first-order valence-corrected chi connectivity index (χ1v) is 11.5. The van der Waals surface area contributed by atoms with Crippen LogP contribution >= 0.6 is 0 Å². The summed E-state index contributed by atoms with van der Waals surface area (Å²) in [5, 5.41) is 23.3. The van der Waals surface area contributed by atoms with Crippen LogP contribution in [0.4, 0.5) is 5.69 Å². The first kappa shape index (κ1) is 23.3. The lowest BCUT2D eigenvalue weighted by Crippen LogP contribution is -2.48. The fourth-order valence-corrected chi connectivity index (χ4v) is 4.10. The van der Waals surface area contributed by atoms with Gasteiger partial charge in [-0.2, -0.15) is 4.98 Å². The number of carbonyl (C=O) groups excluding carboxylic acids is 1. The van der Waals surface area contributed by atoms with Crippen LogP contribution in [0.2, 0.25) is 0 Å². The molecule has 0 saturated carbocycles. The zero-order chi connectivity index (χ0) is 25.2. The van der Waals surface area contributed by atoms with Crippen molar-refractivity contribution in [3.63, 3.8) is 0 Å². The first-order valence-electron chi connectivity index (χ1n) is 11.5. The van der Waals surface area contributed by atoms with Crippen LogP contribution in [-0.2, 0) is 6.54 Å². The SMILES string of the molecule is Cc1ccc(-c2noc(CN3CCN(C(=O)c4nnn(-c5cccc([N+](=O)[O-])c5)c4C)CC3)n2)cc1. The van der Waals surface area contributed by atoms with Crippen LogP contribution < -0.4 is 0 Å². The number of hydrogen-bond acceptors (Lipinski definition) is 9. The molecule has 0 N–H and O–H groups in total. The van der Waals surface area contributed by atoms with E-state index < -0.39 is 4.92 Å². The molecule has 12 heteroatoms. The van der Waals surface area contributed by atoms with Crippen LogP contribution in [0, 0.1) is 24.0 Å². The second kappa shape index (κ2) is 9.66. The Hall–Kier alpha value is -4.45. The van der Waals surface area contributed by atoms with Crippen LogP contribution in [0.1, 0.15) is 27.6 Å². The Bertz CT molecular complexity index is 1400. The van der Waals surface area contributed by atoms with Gasteiger partial charge >= 0.3 is 0 Å². The van der Waals surface area contributed by atoms with Crippen molar-refractivity contribution in [3.8, 4) is 17.1 Å². The van der Waals surface area contributed by atoms with Crippen molar-refractivity contribution < 1.29 is 14.2 Å². The highest BCUT2D eigenvalue weighted by Crippen LogP contribution is 2.20. The Morgan fingerprint density at radius 1 is 1.08 bits per heavy atom. The van der Waals surface area contributed by atoms with Crippen LogP contribution in [0.25, 0.3) is 17.1 Å². The molecule has 0 aliphatic carbocycles. The molecule has 1 amide bonds. The van der Waals surface area contributed by atoms with Gasteiger partial charge in [-0.3, -0.25) is 19.8 Å². The summed E-state index contributed by atoms with van der Waals surface area (Å²) in [4.78, 5) is 32.1. The van der Waals surface area contributed by atoms with Gasteiger partial charge in [0.05, 0.1) is 22.8 Å². The number of hydrogen-bond donors (Lipinski definition) is 0. The number of nitrogens with zero attached hydrogens (tertiary/aromatic N) is 8. The minimum Gasteiger partial charge on any atom is -0.338 e. The van der Waals surface area contributed by atoms with Gasteiger partial charge in [0.2, 0.25) is 11.7 Å². The zero-order valence-electron chi connectivity index (χ0n) is 19.9. The number of amides is 1. The average molecular weight is 489 g/mol. The molecular formula is C24H24N8O4. The molecule has 5 rings (SSSR count). The maximum absolute atomic E-state index is 13.1. The van der Waals surface area contributed by atoms with Gasteiger partial charge in [0.1, 0.15) is 0 Å². The summed E-state index contributed by atoms with van der Waals surface area (Å²) in [5.74, 6) is 0.866. The van der Waals surface area contributed by atoms with E-state index in [2.05, 4.69) is 25.4 Å². The lowest BCUT2D eigenvalue weighted by atomic mass is 10.1. The quantitative estimate of drug-likeness (QED) is 0.296. The van der Waals surface area contributed by atoms with Crippen molar-refractivity contribution in [3.05, 3.63) is 81.5 Å². The van der Waals surface area contributed by atoms with Gasteiger partial charge in [-0.15, -0.1) is 5.10 Å². The molecule has 3 heterocycles. The van der Waals surface area contributed by atoms with Gasteiger partial charge in [0, 0.05) is 43.9 Å². The Labute approximate surface area is 206 Å². The Morgan fingerprint density at radius 3 is 2.56 bits per heavy atom. The van der Waals surface area contributed by atoms with E-state index in [1.165, 1.54) is 16.8 Å². The Kier molecular flexibility index (Phi) is 6.25. The smallest absolute Gasteiger partial charge is 0.276 e. The Balaban J connectivity index is 1.20. The van der Waals surface area contributed by atoms with Crippen molar-refractivity contribution in [2.45, 2.75) is 20.4 Å². The maximum Gasteiger partial charge on any atom is 0.276 e. The van der Waals surface area contributed by atoms with Crippen molar-refractivity contribution in [1.29, 1.82) is 0 Å². The second-order valence-corrected chi connectivity index (χ2v) is 8.66. The van der Waals surface area contributed by atoms with Crippen molar-refractivity contribution in [2.75, 3.05) is 26.2 Å². The summed E-state index contributed by atoms with van der Waals surface area (Å²) in [6, 6.07) is 14.0. The largest absolute Gasteiger partial charge is 0.338 e. The number of piperazine rings is 1. The van der Waals surface area contributed by atoms with E-state index >= 15 is 0 Å². The first-order chi connectivity index (χ1) is 17.4. The van der Waals surface area contributed by atoms with Crippen LogP contribution in [0.15, 0.2) is 53.1 Å². The molecule has 2 aromatic carbocycles. The van der Waals surface area contributed by atoms with E-state index in [0.29, 0.717) is 55.8 Å². The lowest BCUT2D eigenvalue weighted by Gasteiger charge is -2.33. The highest BCUT2D eigenvalue weighted by atomic mass is 16.6. The predicted molar refractivity (Wildman–Crippen MR) is 128 cm³/mol. The monoisotopic (exact) mass is 488 g/mol. The standard InChI is InChI=1S/C24H24N8O4/c1-16-6-8-18(9-7-16)23-25-21(36-27-23)15-29-10-12-30(13-11-29)24(33)22-17(2)31(28-26-22)19-4-3-5-20(14-19)32(34)35/h3-9,14H,10-13,15H2,1-2H3. The second-order valence-electron chi connectivity index (χ2n) is 8.66. The molecule has 12 nitrogen and oxygen atoms in total.